The van der Waals surface area contributed by atoms with Gasteiger partial charge < -0.3 is 20.6 Å². The minimum Gasteiger partial charge on any atom is -0.381 e. The molecule has 0 aromatic carbocycles. The molecule has 2 fully saturated rings. The Morgan fingerprint density at radius 3 is 2.06 bits per heavy atom. The van der Waals surface area contributed by atoms with E-state index in [-0.39, 0.29) is 54.1 Å². The van der Waals surface area contributed by atoms with Crippen LogP contribution in [0, 0.1) is 39.9 Å². The highest BCUT2D eigenvalue weighted by Gasteiger charge is 2.69. The predicted octanol–water partition coefficient (Wildman–Crippen LogP) is 4.15. The molecule has 1 aliphatic carbocycles. The third-order valence-electron chi connectivity index (χ3n) is 11.0. The highest BCUT2D eigenvalue weighted by atomic mass is 32.2. The maximum Gasteiger partial charge on any atom is 0.251 e. The molecule has 11 nitrogen and oxygen atoms in total. The van der Waals surface area contributed by atoms with E-state index in [0.717, 1.165) is 0 Å². The van der Waals surface area contributed by atoms with Crippen molar-refractivity contribution >= 4 is 33.5 Å². The van der Waals surface area contributed by atoms with E-state index in [1.165, 1.54) is 10.4 Å². The SMILES string of the molecule is C=CCNC(=O)C(O)C(CCC)NC(=O)[C@@H]1[C@@H]2[C@H](CN1C(=O)[C@@H](CC(=O)C[C@H](CS(=O)(=O)N(C)C(C)(C)C)C(C)(C)C)C(C)(C)C)C2(C)C. The maximum atomic E-state index is 14.5. The molecule has 2 rings (SSSR count). The van der Waals surface area contributed by atoms with Gasteiger partial charge in [0.25, 0.3) is 5.91 Å². The third kappa shape index (κ3) is 10.4. The summed E-state index contributed by atoms with van der Waals surface area (Å²) in [5, 5.41) is 16.3. The second-order valence-corrected chi connectivity index (χ2v) is 20.2. The lowest BCUT2D eigenvalue weighted by atomic mass is 9.74. The van der Waals surface area contributed by atoms with E-state index in [1.54, 1.807) is 11.9 Å². The molecule has 2 unspecified atom stereocenters. The number of nitrogens with one attached hydrogen (secondary N) is 2. The molecule has 1 saturated carbocycles. The fourth-order valence-corrected chi connectivity index (χ4v) is 9.29. The number of fused-ring (bicyclic) bond motifs is 1. The Kier molecular flexibility index (Phi) is 13.6. The van der Waals surface area contributed by atoms with Gasteiger partial charge in [0, 0.05) is 44.4 Å². The number of likely N-dealkylation sites (tertiary alicyclic amines) is 1. The first kappa shape index (κ1) is 42.9. The van der Waals surface area contributed by atoms with E-state index in [4.69, 9.17) is 0 Å². The molecule has 1 heterocycles. The van der Waals surface area contributed by atoms with Crippen LogP contribution in [0.1, 0.15) is 109 Å². The van der Waals surface area contributed by atoms with Crippen molar-refractivity contribution in [1.82, 2.24) is 19.8 Å². The van der Waals surface area contributed by atoms with Crippen LogP contribution in [-0.4, -0.2) is 95.9 Å². The summed E-state index contributed by atoms with van der Waals surface area (Å²) in [6.07, 6.45) is 0.936. The second-order valence-electron chi connectivity index (χ2n) is 18.1. The van der Waals surface area contributed by atoms with Crippen molar-refractivity contribution in [2.24, 2.45) is 39.9 Å². The summed E-state index contributed by atoms with van der Waals surface area (Å²) in [6, 6.07) is -1.65. The third-order valence-corrected chi connectivity index (χ3v) is 13.2. The summed E-state index contributed by atoms with van der Waals surface area (Å²) >= 11 is 0. The Hall–Kier alpha value is -2.31. The number of hydrogen-bond acceptors (Lipinski definition) is 7. The molecule has 3 amide bonds. The van der Waals surface area contributed by atoms with E-state index >= 15 is 0 Å². The standard InChI is InChI=1S/C37H66N4O7S/c1-15-17-27(30(43)32(45)38-18-16-2)39-31(44)29-28-26(37(28,12)13)21-41(29)33(46)25(35(6,7)8)20-24(42)19-23(34(3,4)5)22-49(47,48)40(14)36(9,10)11/h16,23,25-30,43H,2,15,17-22H2,1,3-14H3,(H,38,45)(H,39,44)/t23-,25-,26+,27?,28+,29+,30?/m1/s1. The van der Waals surface area contributed by atoms with E-state index in [2.05, 4.69) is 31.1 Å². The molecular weight excluding hydrogens is 644 g/mol. The molecule has 0 aromatic rings. The summed E-state index contributed by atoms with van der Waals surface area (Å²) < 4.78 is 28.1. The molecule has 0 spiro atoms. The molecule has 12 heteroatoms. The molecule has 1 aliphatic heterocycles. The molecule has 0 aromatic heterocycles. The monoisotopic (exact) mass is 710 g/mol. The Labute approximate surface area is 296 Å². The van der Waals surface area contributed by atoms with Crippen LogP contribution >= 0.6 is 0 Å². The Morgan fingerprint density at radius 1 is 1.02 bits per heavy atom. The summed E-state index contributed by atoms with van der Waals surface area (Å²) in [4.78, 5) is 56.5. The molecule has 1 saturated heterocycles. The number of Topliss-reactive ketones (excluding diaryl/α,β-unsaturated/α-hetero) is 1. The second kappa shape index (κ2) is 15.5. The fraction of sp³-hybridized carbons (Fsp3) is 0.838. The largest absolute Gasteiger partial charge is 0.381 e. The number of carbonyl (C=O) groups is 4. The number of aliphatic hydroxyl groups is 1. The summed E-state index contributed by atoms with van der Waals surface area (Å²) in [5.74, 6) is -2.91. The van der Waals surface area contributed by atoms with Crippen LogP contribution in [0.25, 0.3) is 0 Å². The zero-order valence-electron chi connectivity index (χ0n) is 32.5. The Bertz CT molecular complexity index is 1340. The average Bonchev–Trinajstić information content (AvgIpc) is 3.26. The van der Waals surface area contributed by atoms with Crippen molar-refractivity contribution < 1.29 is 32.7 Å². The van der Waals surface area contributed by atoms with Crippen LogP contribution in [0.2, 0.25) is 0 Å². The molecule has 7 atom stereocenters. The van der Waals surface area contributed by atoms with E-state index in [9.17, 15) is 32.7 Å². The van der Waals surface area contributed by atoms with Crippen molar-refractivity contribution in [3.63, 3.8) is 0 Å². The van der Waals surface area contributed by atoms with E-state index < -0.39 is 68.2 Å². The van der Waals surface area contributed by atoms with E-state index in [1.807, 2.05) is 69.2 Å². The topological polar surface area (TPSA) is 153 Å². The molecule has 3 N–H and O–H groups in total. The van der Waals surface area contributed by atoms with Gasteiger partial charge in [-0.1, -0.05) is 74.8 Å². The smallest absolute Gasteiger partial charge is 0.251 e. The number of carbonyl (C=O) groups excluding carboxylic acids is 4. The van der Waals surface area contributed by atoms with Crippen molar-refractivity contribution in [2.75, 3.05) is 25.9 Å². The van der Waals surface area contributed by atoms with Gasteiger partial charge in [0.15, 0.2) is 6.10 Å². The van der Waals surface area contributed by atoms with Gasteiger partial charge in [-0.15, -0.1) is 6.58 Å². The number of hydrogen-bond donors (Lipinski definition) is 3. The number of aliphatic hydroxyl groups excluding tert-OH is 1. The average molecular weight is 711 g/mol. The van der Waals surface area contributed by atoms with Gasteiger partial charge >= 0.3 is 0 Å². The number of sulfonamides is 1. The Morgan fingerprint density at radius 2 is 1.59 bits per heavy atom. The zero-order valence-corrected chi connectivity index (χ0v) is 33.3. The van der Waals surface area contributed by atoms with Crippen LogP contribution in [0.3, 0.4) is 0 Å². The fourth-order valence-electron chi connectivity index (χ4n) is 7.11. The quantitative estimate of drug-likeness (QED) is 0.204. The first-order chi connectivity index (χ1) is 22.1. The van der Waals surface area contributed by atoms with Gasteiger partial charge in [0.05, 0.1) is 11.8 Å². The normalized spacial score (nSPS) is 23.2. The number of piperidine rings is 1. The predicted molar refractivity (Wildman–Crippen MR) is 194 cm³/mol. The van der Waals surface area contributed by atoms with Crippen LogP contribution < -0.4 is 10.6 Å². The number of ketones is 1. The van der Waals surface area contributed by atoms with Crippen LogP contribution in [0.5, 0.6) is 0 Å². The van der Waals surface area contributed by atoms with Crippen molar-refractivity contribution in [1.29, 1.82) is 0 Å². The molecule has 282 valence electrons. The van der Waals surface area contributed by atoms with Crippen molar-refractivity contribution in [3.05, 3.63) is 12.7 Å². The van der Waals surface area contributed by atoms with Crippen LogP contribution in [-0.2, 0) is 29.2 Å². The lowest BCUT2D eigenvalue weighted by Crippen LogP contribution is -2.57. The highest BCUT2D eigenvalue weighted by Crippen LogP contribution is 2.65. The number of amides is 3. The number of nitrogens with zero attached hydrogens (tertiary/aromatic N) is 2. The minimum absolute atomic E-state index is 0.00721. The van der Waals surface area contributed by atoms with Gasteiger partial charge in [-0.25, -0.2) is 8.42 Å². The summed E-state index contributed by atoms with van der Waals surface area (Å²) in [5.41, 5.74) is -1.90. The highest BCUT2D eigenvalue weighted by molar-refractivity contribution is 7.89. The summed E-state index contributed by atoms with van der Waals surface area (Å²) in [6.45, 7) is 27.1. The van der Waals surface area contributed by atoms with Crippen LogP contribution in [0.15, 0.2) is 12.7 Å². The van der Waals surface area contributed by atoms with Crippen molar-refractivity contribution in [2.45, 2.75) is 132 Å². The maximum absolute atomic E-state index is 14.5. The molecule has 2 aliphatic rings. The van der Waals surface area contributed by atoms with Gasteiger partial charge in [0.2, 0.25) is 21.8 Å². The first-order valence-corrected chi connectivity index (χ1v) is 19.4. The van der Waals surface area contributed by atoms with Gasteiger partial charge in [-0.3, -0.25) is 19.2 Å². The molecular formula is C37H66N4O7S. The minimum atomic E-state index is -3.68. The van der Waals surface area contributed by atoms with Crippen LogP contribution in [0.4, 0.5) is 0 Å². The lowest BCUT2D eigenvalue weighted by Gasteiger charge is -2.38. The van der Waals surface area contributed by atoms with Crippen molar-refractivity contribution in [3.8, 4) is 0 Å². The van der Waals surface area contributed by atoms with E-state index in [0.29, 0.717) is 19.4 Å². The lowest BCUT2D eigenvalue weighted by molar-refractivity contribution is -0.148. The first-order valence-electron chi connectivity index (χ1n) is 17.8. The van der Waals surface area contributed by atoms with Gasteiger partial charge in [-0.05, 0) is 61.2 Å². The Balaban J connectivity index is 2.35. The zero-order chi connectivity index (χ0) is 38.1. The molecule has 0 radical (unpaired) electrons. The molecule has 0 bridgehead atoms. The summed E-state index contributed by atoms with van der Waals surface area (Å²) in [7, 11) is -2.12. The number of rotatable bonds is 16. The van der Waals surface area contributed by atoms with Gasteiger partial charge in [-0.2, -0.15) is 4.31 Å². The van der Waals surface area contributed by atoms with Gasteiger partial charge in [0.1, 0.15) is 11.8 Å². The molecule has 49 heavy (non-hydrogen) atoms.